The summed E-state index contributed by atoms with van der Waals surface area (Å²) in [6, 6.07) is 94.4. The first-order chi connectivity index (χ1) is 33.7. The molecule has 13 rings (SSSR count). The first kappa shape index (κ1) is 39.4. The molecule has 1 heterocycles. The molecule has 0 aliphatic carbocycles. The Balaban J connectivity index is 0.969. The van der Waals surface area contributed by atoms with E-state index in [1.54, 1.807) is 0 Å². The van der Waals surface area contributed by atoms with Crippen molar-refractivity contribution < 1.29 is 4.42 Å². The van der Waals surface area contributed by atoms with Crippen LogP contribution in [-0.2, 0) is 0 Å². The normalized spacial score (nSPS) is 11.5. The van der Waals surface area contributed by atoms with Crippen LogP contribution in [0.2, 0.25) is 0 Å². The number of para-hydroxylation sites is 1. The molecular formula is C66H43NO. The molecule has 0 atom stereocenters. The summed E-state index contributed by atoms with van der Waals surface area (Å²) in [6.45, 7) is 0. The molecule has 1 aromatic heterocycles. The molecule has 2 heteroatoms. The Bertz CT molecular complexity index is 4000. The largest absolute Gasteiger partial charge is 0.455 e. The van der Waals surface area contributed by atoms with Crippen LogP contribution < -0.4 is 4.90 Å². The van der Waals surface area contributed by atoms with Gasteiger partial charge in [0, 0.05) is 33.1 Å². The van der Waals surface area contributed by atoms with E-state index in [1.807, 2.05) is 0 Å². The summed E-state index contributed by atoms with van der Waals surface area (Å²) in [6.07, 6.45) is 0. The van der Waals surface area contributed by atoms with Gasteiger partial charge in [0.1, 0.15) is 11.2 Å². The Morgan fingerprint density at radius 1 is 0.265 bits per heavy atom. The van der Waals surface area contributed by atoms with Crippen LogP contribution in [0.5, 0.6) is 0 Å². The third-order valence-corrected chi connectivity index (χ3v) is 13.7. The SMILES string of the molecule is c1ccc(-c2ccc(-c3ccc(N(c4ccc(-c5cc6ccccc6c6ccccc56)cc4)c4ccccc4-c4cccc5oc6c7ccccc7ccc6c45)cc3)cc2-c2ccccc2)cc1. The molecule has 0 bridgehead atoms. The van der Waals surface area contributed by atoms with Gasteiger partial charge in [0.15, 0.2) is 0 Å². The van der Waals surface area contributed by atoms with Crippen molar-refractivity contribution in [1.29, 1.82) is 0 Å². The van der Waals surface area contributed by atoms with Gasteiger partial charge in [-0.2, -0.15) is 0 Å². The highest BCUT2D eigenvalue weighted by Gasteiger charge is 2.22. The topological polar surface area (TPSA) is 16.4 Å². The molecule has 0 aliphatic heterocycles. The molecule has 0 fully saturated rings. The zero-order chi connectivity index (χ0) is 45.0. The Morgan fingerprint density at radius 2 is 0.824 bits per heavy atom. The number of hydrogen-bond donors (Lipinski definition) is 0. The summed E-state index contributed by atoms with van der Waals surface area (Å²) in [5, 5.41) is 9.53. The van der Waals surface area contributed by atoms with E-state index in [9.17, 15) is 0 Å². The molecule has 0 amide bonds. The zero-order valence-corrected chi connectivity index (χ0v) is 37.2. The summed E-state index contributed by atoms with van der Waals surface area (Å²) < 4.78 is 6.72. The number of fused-ring (bicyclic) bond motifs is 8. The van der Waals surface area contributed by atoms with Crippen molar-refractivity contribution in [2.75, 3.05) is 4.90 Å². The van der Waals surface area contributed by atoms with Gasteiger partial charge in [-0.1, -0.05) is 206 Å². The second-order valence-corrected chi connectivity index (χ2v) is 17.6. The average molecular weight is 866 g/mol. The molecule has 0 unspecified atom stereocenters. The lowest BCUT2D eigenvalue weighted by Crippen LogP contribution is -2.11. The fraction of sp³-hybridized carbons (Fsp3) is 0. The van der Waals surface area contributed by atoms with E-state index in [0.717, 1.165) is 61.1 Å². The van der Waals surface area contributed by atoms with Crippen molar-refractivity contribution in [3.63, 3.8) is 0 Å². The third-order valence-electron chi connectivity index (χ3n) is 13.7. The van der Waals surface area contributed by atoms with Crippen LogP contribution in [0.1, 0.15) is 0 Å². The highest BCUT2D eigenvalue weighted by atomic mass is 16.3. The smallest absolute Gasteiger partial charge is 0.143 e. The van der Waals surface area contributed by atoms with Gasteiger partial charge in [-0.15, -0.1) is 0 Å². The van der Waals surface area contributed by atoms with Gasteiger partial charge in [-0.25, -0.2) is 0 Å². The van der Waals surface area contributed by atoms with Gasteiger partial charge in [0.2, 0.25) is 0 Å². The first-order valence-electron chi connectivity index (χ1n) is 23.3. The van der Waals surface area contributed by atoms with Gasteiger partial charge in [0.05, 0.1) is 5.69 Å². The van der Waals surface area contributed by atoms with Crippen LogP contribution in [0.15, 0.2) is 265 Å². The second-order valence-electron chi connectivity index (χ2n) is 17.6. The molecule has 0 radical (unpaired) electrons. The van der Waals surface area contributed by atoms with Crippen LogP contribution in [0, 0.1) is 0 Å². The summed E-state index contributed by atoms with van der Waals surface area (Å²) in [4.78, 5) is 2.41. The molecule has 13 aromatic rings. The van der Waals surface area contributed by atoms with Crippen LogP contribution in [0.25, 0.3) is 110 Å². The summed E-state index contributed by atoms with van der Waals surface area (Å²) in [5.74, 6) is 0. The number of furan rings is 1. The number of benzene rings is 12. The summed E-state index contributed by atoms with van der Waals surface area (Å²) >= 11 is 0. The molecule has 0 aliphatic rings. The van der Waals surface area contributed by atoms with Gasteiger partial charge in [-0.3, -0.25) is 0 Å². The first-order valence-corrected chi connectivity index (χ1v) is 23.3. The Hall–Kier alpha value is -8.98. The highest BCUT2D eigenvalue weighted by molar-refractivity contribution is 6.20. The van der Waals surface area contributed by atoms with Gasteiger partial charge < -0.3 is 9.32 Å². The highest BCUT2D eigenvalue weighted by Crippen LogP contribution is 2.47. The minimum atomic E-state index is 0.875. The van der Waals surface area contributed by atoms with Crippen LogP contribution in [0.4, 0.5) is 17.1 Å². The molecule has 318 valence electrons. The fourth-order valence-electron chi connectivity index (χ4n) is 10.4. The molecule has 0 N–H and O–H groups in total. The minimum absolute atomic E-state index is 0.875. The lowest BCUT2D eigenvalue weighted by Gasteiger charge is -2.28. The molecule has 2 nitrogen and oxygen atoms in total. The van der Waals surface area contributed by atoms with Crippen LogP contribution in [0.3, 0.4) is 0 Å². The lowest BCUT2D eigenvalue weighted by molar-refractivity contribution is 0.673. The van der Waals surface area contributed by atoms with E-state index in [2.05, 4.69) is 266 Å². The number of hydrogen-bond acceptors (Lipinski definition) is 2. The van der Waals surface area contributed by atoms with Gasteiger partial charge >= 0.3 is 0 Å². The number of anilines is 3. The quantitative estimate of drug-likeness (QED) is 0.142. The fourth-order valence-corrected chi connectivity index (χ4v) is 10.4. The Labute approximate surface area is 395 Å². The van der Waals surface area contributed by atoms with E-state index < -0.39 is 0 Å². The molecule has 68 heavy (non-hydrogen) atoms. The zero-order valence-electron chi connectivity index (χ0n) is 37.2. The maximum Gasteiger partial charge on any atom is 0.143 e. The van der Waals surface area contributed by atoms with Gasteiger partial charge in [0.25, 0.3) is 0 Å². The maximum atomic E-state index is 6.72. The lowest BCUT2D eigenvalue weighted by atomic mass is 9.91. The molecule has 0 saturated carbocycles. The molecular weight excluding hydrogens is 823 g/mol. The average Bonchev–Trinajstić information content (AvgIpc) is 3.82. The number of rotatable bonds is 8. The van der Waals surface area contributed by atoms with Crippen molar-refractivity contribution in [1.82, 2.24) is 0 Å². The van der Waals surface area contributed by atoms with Crippen LogP contribution in [-0.4, -0.2) is 0 Å². The van der Waals surface area contributed by atoms with Crippen molar-refractivity contribution >= 4 is 71.3 Å². The van der Waals surface area contributed by atoms with Crippen molar-refractivity contribution in [3.05, 3.63) is 261 Å². The number of nitrogens with zero attached hydrogens (tertiary/aromatic N) is 1. The standard InChI is InChI=1S/C66H43NO/c1-3-16-45(17-4-1)54-40-35-49(42-61(54)46-18-5-2-6-19-46)44-30-36-51(37-31-44)67(52-38-32-48(33-39-52)62-43-50-21-8-9-22-53(50)56-24-11-12-25-57(56)62)63-28-14-13-26-58(63)59-27-15-29-64-65(59)60-41-34-47-20-7-10-23-55(47)66(60)68-64/h1-43H. The summed E-state index contributed by atoms with van der Waals surface area (Å²) in [5.41, 5.74) is 16.8. The van der Waals surface area contributed by atoms with Crippen LogP contribution >= 0.6 is 0 Å². The van der Waals surface area contributed by atoms with Gasteiger partial charge in [-0.05, 0) is 132 Å². The van der Waals surface area contributed by atoms with Crippen molar-refractivity contribution in [2.45, 2.75) is 0 Å². The van der Waals surface area contributed by atoms with Crippen molar-refractivity contribution in [2.24, 2.45) is 0 Å². The third kappa shape index (κ3) is 6.73. The predicted molar refractivity (Wildman–Crippen MR) is 288 cm³/mol. The molecule has 0 spiro atoms. The van der Waals surface area contributed by atoms with E-state index in [-0.39, 0.29) is 0 Å². The van der Waals surface area contributed by atoms with E-state index in [4.69, 9.17) is 4.42 Å². The van der Waals surface area contributed by atoms with E-state index in [0.29, 0.717) is 0 Å². The summed E-state index contributed by atoms with van der Waals surface area (Å²) in [7, 11) is 0. The predicted octanol–water partition coefficient (Wildman–Crippen LogP) is 18.9. The second kappa shape index (κ2) is 16.5. The monoisotopic (exact) mass is 865 g/mol. The molecule has 0 saturated heterocycles. The minimum Gasteiger partial charge on any atom is -0.455 e. The Kier molecular flexibility index (Phi) is 9.54. The van der Waals surface area contributed by atoms with Crippen molar-refractivity contribution in [3.8, 4) is 55.6 Å². The van der Waals surface area contributed by atoms with E-state index in [1.165, 1.54) is 65.9 Å². The Morgan fingerprint density at radius 3 is 1.57 bits per heavy atom. The maximum absolute atomic E-state index is 6.72. The molecule has 12 aromatic carbocycles. The van der Waals surface area contributed by atoms with E-state index >= 15 is 0 Å².